The molecular weight excluding hydrogens is 266 g/mol. The molecule has 19 heavy (non-hydrogen) atoms. The van der Waals surface area contributed by atoms with E-state index in [1.54, 1.807) is 7.11 Å². The van der Waals surface area contributed by atoms with Crippen molar-refractivity contribution in [3.8, 4) is 0 Å². The van der Waals surface area contributed by atoms with E-state index in [2.05, 4.69) is 32.8 Å². The molecule has 0 bridgehead atoms. The molecular formula is C14H28ClNO3. The molecule has 0 aromatic rings. The topological polar surface area (TPSA) is 30.9 Å². The number of ether oxygens (including phenoxy) is 2. The third kappa shape index (κ3) is 4.57. The summed E-state index contributed by atoms with van der Waals surface area (Å²) in [4.78, 5) is 5.94. The first-order valence-electron chi connectivity index (χ1n) is 6.94. The van der Waals surface area contributed by atoms with Crippen molar-refractivity contribution in [1.82, 2.24) is 5.06 Å². The van der Waals surface area contributed by atoms with Gasteiger partial charge in [-0.15, -0.1) is 0 Å². The first kappa shape index (κ1) is 17.2. The monoisotopic (exact) mass is 293 g/mol. The number of nitrogens with zero attached hydrogens (tertiary/aromatic N) is 1. The summed E-state index contributed by atoms with van der Waals surface area (Å²) in [7, 11) is 1.78. The Kier molecular flexibility index (Phi) is 6.08. The molecule has 4 nitrogen and oxygen atoms in total. The average Bonchev–Trinajstić information content (AvgIpc) is 2.26. The molecule has 0 N–H and O–H groups in total. The molecule has 1 saturated heterocycles. The van der Waals surface area contributed by atoms with Crippen molar-refractivity contribution in [2.45, 2.75) is 70.2 Å². The van der Waals surface area contributed by atoms with Crippen LogP contribution in [0, 0.1) is 0 Å². The second-order valence-corrected chi connectivity index (χ2v) is 6.83. The van der Waals surface area contributed by atoms with Crippen molar-refractivity contribution in [2.24, 2.45) is 0 Å². The van der Waals surface area contributed by atoms with E-state index in [0.29, 0.717) is 13.2 Å². The molecule has 0 saturated carbocycles. The average molecular weight is 294 g/mol. The van der Waals surface area contributed by atoms with Crippen LogP contribution >= 0.6 is 11.6 Å². The Hall–Kier alpha value is 0.130. The summed E-state index contributed by atoms with van der Waals surface area (Å²) in [6, 6.07) is 0. The van der Waals surface area contributed by atoms with Crippen molar-refractivity contribution in [3.63, 3.8) is 0 Å². The van der Waals surface area contributed by atoms with E-state index in [1.165, 1.54) is 0 Å². The Morgan fingerprint density at radius 3 is 2.16 bits per heavy atom. The fourth-order valence-electron chi connectivity index (χ4n) is 3.05. The highest BCUT2D eigenvalue weighted by Crippen LogP contribution is 2.39. The van der Waals surface area contributed by atoms with Gasteiger partial charge in [-0.3, -0.25) is 4.84 Å². The zero-order valence-corrected chi connectivity index (χ0v) is 13.8. The molecule has 1 heterocycles. The van der Waals surface area contributed by atoms with E-state index in [4.69, 9.17) is 25.9 Å². The standard InChI is InChI=1S/C14H28ClNO3/c1-7-18-12(15)10-19-16-13(2,3)8-11(17-6)9-14(16,4)5/h11-12H,7-10H2,1-6H3. The fraction of sp³-hybridized carbons (Fsp3) is 1.00. The maximum Gasteiger partial charge on any atom is 0.156 e. The first-order chi connectivity index (χ1) is 8.73. The number of rotatable bonds is 6. The summed E-state index contributed by atoms with van der Waals surface area (Å²) in [5.74, 6) is 0. The van der Waals surface area contributed by atoms with Crippen LogP contribution < -0.4 is 0 Å². The van der Waals surface area contributed by atoms with Gasteiger partial charge in [0, 0.05) is 24.8 Å². The summed E-state index contributed by atoms with van der Waals surface area (Å²) in [5.41, 5.74) is -0.590. The van der Waals surface area contributed by atoms with Gasteiger partial charge in [-0.25, -0.2) is 0 Å². The van der Waals surface area contributed by atoms with E-state index in [-0.39, 0.29) is 17.2 Å². The summed E-state index contributed by atoms with van der Waals surface area (Å²) in [6.45, 7) is 11.6. The Bertz CT molecular complexity index is 266. The van der Waals surface area contributed by atoms with Gasteiger partial charge >= 0.3 is 0 Å². The van der Waals surface area contributed by atoms with E-state index in [9.17, 15) is 0 Å². The van der Waals surface area contributed by atoms with Crippen LogP contribution in [0.4, 0.5) is 0 Å². The second-order valence-electron chi connectivity index (χ2n) is 6.35. The molecule has 1 aliphatic heterocycles. The van der Waals surface area contributed by atoms with Crippen LogP contribution in [0.5, 0.6) is 0 Å². The minimum atomic E-state index is -0.406. The SMILES string of the molecule is CCOC(Cl)CON1C(C)(C)CC(OC)CC1(C)C. The lowest BCUT2D eigenvalue weighted by Crippen LogP contribution is -2.62. The third-order valence-electron chi connectivity index (χ3n) is 3.57. The van der Waals surface area contributed by atoms with E-state index in [0.717, 1.165) is 12.8 Å². The lowest BCUT2D eigenvalue weighted by atomic mass is 9.80. The minimum Gasteiger partial charge on any atom is -0.381 e. The molecule has 1 aliphatic rings. The van der Waals surface area contributed by atoms with Crippen LogP contribution in [-0.2, 0) is 14.3 Å². The van der Waals surface area contributed by atoms with E-state index in [1.807, 2.05) is 6.92 Å². The predicted molar refractivity (Wildman–Crippen MR) is 77.2 cm³/mol. The van der Waals surface area contributed by atoms with Gasteiger partial charge < -0.3 is 9.47 Å². The van der Waals surface area contributed by atoms with Gasteiger partial charge in [0.25, 0.3) is 0 Å². The second kappa shape index (κ2) is 6.72. The van der Waals surface area contributed by atoms with Crippen LogP contribution in [0.3, 0.4) is 0 Å². The van der Waals surface area contributed by atoms with E-state index < -0.39 is 5.56 Å². The zero-order valence-electron chi connectivity index (χ0n) is 13.0. The van der Waals surface area contributed by atoms with Gasteiger partial charge in [0.15, 0.2) is 5.56 Å². The molecule has 1 fully saturated rings. The molecule has 5 heteroatoms. The highest BCUT2D eigenvalue weighted by Gasteiger charge is 2.46. The quantitative estimate of drug-likeness (QED) is 0.704. The highest BCUT2D eigenvalue weighted by atomic mass is 35.5. The van der Waals surface area contributed by atoms with Crippen LogP contribution in [0.25, 0.3) is 0 Å². The first-order valence-corrected chi connectivity index (χ1v) is 7.38. The summed E-state index contributed by atoms with van der Waals surface area (Å²) in [5, 5.41) is 2.06. The molecule has 0 spiro atoms. The molecule has 0 radical (unpaired) electrons. The largest absolute Gasteiger partial charge is 0.381 e. The molecule has 1 unspecified atom stereocenters. The molecule has 1 rings (SSSR count). The normalized spacial score (nSPS) is 25.4. The molecule has 0 aliphatic carbocycles. The van der Waals surface area contributed by atoms with Crippen molar-refractivity contribution in [1.29, 1.82) is 0 Å². The van der Waals surface area contributed by atoms with Gasteiger partial charge in [-0.1, -0.05) is 11.6 Å². The van der Waals surface area contributed by atoms with Gasteiger partial charge in [0.2, 0.25) is 0 Å². The van der Waals surface area contributed by atoms with Crippen LogP contribution in [0.15, 0.2) is 0 Å². The number of piperidine rings is 1. The van der Waals surface area contributed by atoms with Crippen LogP contribution in [0.2, 0.25) is 0 Å². The predicted octanol–water partition coefficient (Wildman–Crippen LogP) is 3.19. The summed E-state index contributed by atoms with van der Waals surface area (Å²) >= 11 is 6.04. The van der Waals surface area contributed by atoms with Gasteiger partial charge in [0.1, 0.15) is 6.61 Å². The van der Waals surface area contributed by atoms with Gasteiger partial charge in [0.05, 0.1) is 6.10 Å². The summed E-state index contributed by atoms with van der Waals surface area (Å²) < 4.78 is 10.8. The minimum absolute atomic E-state index is 0.0920. The molecule has 0 aromatic heterocycles. The lowest BCUT2D eigenvalue weighted by molar-refractivity contribution is -0.299. The highest BCUT2D eigenvalue weighted by molar-refractivity contribution is 6.19. The third-order valence-corrected chi connectivity index (χ3v) is 3.82. The number of hydrogen-bond acceptors (Lipinski definition) is 4. The lowest BCUT2D eigenvalue weighted by Gasteiger charge is -2.53. The van der Waals surface area contributed by atoms with Crippen molar-refractivity contribution in [2.75, 3.05) is 20.3 Å². The van der Waals surface area contributed by atoms with Crippen molar-refractivity contribution < 1.29 is 14.3 Å². The molecule has 1 atom stereocenters. The maximum atomic E-state index is 6.04. The molecule has 0 amide bonds. The van der Waals surface area contributed by atoms with Crippen LogP contribution in [0.1, 0.15) is 47.5 Å². The number of hydroxylamine groups is 2. The van der Waals surface area contributed by atoms with Gasteiger partial charge in [-0.2, -0.15) is 5.06 Å². The fourth-order valence-corrected chi connectivity index (χ4v) is 3.23. The summed E-state index contributed by atoms with van der Waals surface area (Å²) in [6.07, 6.45) is 2.15. The number of methoxy groups -OCH3 is 1. The van der Waals surface area contributed by atoms with Gasteiger partial charge in [-0.05, 0) is 47.5 Å². The zero-order chi connectivity index (χ0) is 14.7. The Morgan fingerprint density at radius 2 is 1.74 bits per heavy atom. The smallest absolute Gasteiger partial charge is 0.156 e. The Balaban J connectivity index is 2.68. The molecule has 0 aromatic carbocycles. The number of hydrogen-bond donors (Lipinski definition) is 0. The van der Waals surface area contributed by atoms with Crippen molar-refractivity contribution >= 4 is 11.6 Å². The molecule has 114 valence electrons. The number of alkyl halides is 1. The van der Waals surface area contributed by atoms with Crippen molar-refractivity contribution in [3.05, 3.63) is 0 Å². The van der Waals surface area contributed by atoms with E-state index >= 15 is 0 Å². The maximum absolute atomic E-state index is 6.04. The van der Waals surface area contributed by atoms with Crippen LogP contribution in [-0.4, -0.2) is 48.1 Å². The Labute approximate surface area is 122 Å². The number of halogens is 1. The Morgan fingerprint density at radius 1 is 1.21 bits per heavy atom.